The molecule has 0 heterocycles. The monoisotopic (exact) mass is 299 g/mol. The van der Waals surface area contributed by atoms with Crippen molar-refractivity contribution in [2.75, 3.05) is 12.4 Å². The van der Waals surface area contributed by atoms with E-state index in [1.165, 1.54) is 5.56 Å². The molecule has 4 heteroatoms. The number of nitrogens with one attached hydrogen (secondary N) is 1. The van der Waals surface area contributed by atoms with E-state index in [-0.39, 0.29) is 5.91 Å². The minimum Gasteiger partial charge on any atom is -0.497 e. The van der Waals surface area contributed by atoms with Crippen molar-refractivity contribution in [2.45, 2.75) is 26.4 Å². The lowest BCUT2D eigenvalue weighted by molar-refractivity contribution is -0.122. The van der Waals surface area contributed by atoms with Crippen LogP contribution < -0.4 is 14.8 Å². The third kappa shape index (κ3) is 4.25. The van der Waals surface area contributed by atoms with Crippen LogP contribution in [0.15, 0.2) is 48.5 Å². The Morgan fingerprint density at radius 2 is 1.86 bits per heavy atom. The summed E-state index contributed by atoms with van der Waals surface area (Å²) in [7, 11) is 1.59. The fraction of sp³-hybridized carbons (Fsp3) is 0.278. The maximum absolute atomic E-state index is 12.2. The van der Waals surface area contributed by atoms with Gasteiger partial charge in [-0.3, -0.25) is 4.79 Å². The number of aryl methyl sites for hydroxylation is 1. The molecule has 0 aliphatic carbocycles. The summed E-state index contributed by atoms with van der Waals surface area (Å²) in [6.45, 7) is 3.82. The molecule has 0 aromatic heterocycles. The molecule has 2 aromatic rings. The van der Waals surface area contributed by atoms with Crippen LogP contribution in [0, 0.1) is 0 Å². The number of carbonyl (C=O) groups excluding carboxylic acids is 1. The molecule has 1 unspecified atom stereocenters. The molecular formula is C18H21NO3. The minimum atomic E-state index is -0.585. The summed E-state index contributed by atoms with van der Waals surface area (Å²) in [5.41, 5.74) is 1.92. The summed E-state index contributed by atoms with van der Waals surface area (Å²) in [6, 6.07) is 15.0. The van der Waals surface area contributed by atoms with Gasteiger partial charge in [-0.2, -0.15) is 0 Å². The SMILES string of the molecule is CCc1ccc(OC(C)C(=O)Nc2cccc(OC)c2)cc1. The third-order valence-electron chi connectivity index (χ3n) is 3.35. The van der Waals surface area contributed by atoms with Crippen molar-refractivity contribution in [3.8, 4) is 11.5 Å². The molecule has 0 fully saturated rings. The van der Waals surface area contributed by atoms with E-state index in [1.54, 1.807) is 20.1 Å². The van der Waals surface area contributed by atoms with E-state index < -0.39 is 6.10 Å². The molecule has 0 bridgehead atoms. The number of hydrogen-bond acceptors (Lipinski definition) is 3. The molecular weight excluding hydrogens is 278 g/mol. The maximum atomic E-state index is 12.2. The topological polar surface area (TPSA) is 47.6 Å². The van der Waals surface area contributed by atoms with Crippen molar-refractivity contribution < 1.29 is 14.3 Å². The molecule has 0 spiro atoms. The van der Waals surface area contributed by atoms with Crippen molar-refractivity contribution in [1.29, 1.82) is 0 Å². The van der Waals surface area contributed by atoms with Crippen molar-refractivity contribution in [2.24, 2.45) is 0 Å². The van der Waals surface area contributed by atoms with Gasteiger partial charge in [-0.15, -0.1) is 0 Å². The van der Waals surface area contributed by atoms with Gasteiger partial charge in [-0.1, -0.05) is 25.1 Å². The first-order valence-corrected chi connectivity index (χ1v) is 7.33. The Kier molecular flexibility index (Phi) is 5.42. The van der Waals surface area contributed by atoms with Gasteiger partial charge in [0, 0.05) is 11.8 Å². The Bertz CT molecular complexity index is 622. The highest BCUT2D eigenvalue weighted by molar-refractivity contribution is 5.94. The van der Waals surface area contributed by atoms with E-state index in [2.05, 4.69) is 12.2 Å². The van der Waals surface area contributed by atoms with Crippen molar-refractivity contribution in [3.05, 3.63) is 54.1 Å². The summed E-state index contributed by atoms with van der Waals surface area (Å²) in [5.74, 6) is 1.18. The zero-order chi connectivity index (χ0) is 15.9. The number of anilines is 1. The van der Waals surface area contributed by atoms with Crippen LogP contribution >= 0.6 is 0 Å². The normalized spacial score (nSPS) is 11.6. The molecule has 22 heavy (non-hydrogen) atoms. The zero-order valence-electron chi connectivity index (χ0n) is 13.1. The highest BCUT2D eigenvalue weighted by Gasteiger charge is 2.15. The van der Waals surface area contributed by atoms with Gasteiger partial charge in [-0.25, -0.2) is 0 Å². The summed E-state index contributed by atoms with van der Waals surface area (Å²) in [5, 5.41) is 2.82. The fourth-order valence-corrected chi connectivity index (χ4v) is 2.01. The molecule has 0 aliphatic heterocycles. The standard InChI is InChI=1S/C18H21NO3/c1-4-14-8-10-16(11-9-14)22-13(2)18(20)19-15-6-5-7-17(12-15)21-3/h5-13H,4H2,1-3H3,(H,19,20). The van der Waals surface area contributed by atoms with Crippen LogP contribution in [0.5, 0.6) is 11.5 Å². The summed E-state index contributed by atoms with van der Waals surface area (Å²) in [6.07, 6.45) is 0.394. The average molecular weight is 299 g/mol. The first-order valence-electron chi connectivity index (χ1n) is 7.33. The predicted molar refractivity (Wildman–Crippen MR) is 87.5 cm³/mol. The second-order valence-corrected chi connectivity index (χ2v) is 4.98. The molecule has 2 aromatic carbocycles. The highest BCUT2D eigenvalue weighted by Crippen LogP contribution is 2.18. The molecule has 0 radical (unpaired) electrons. The van der Waals surface area contributed by atoms with Gasteiger partial charge in [0.25, 0.3) is 5.91 Å². The van der Waals surface area contributed by atoms with Crippen molar-refractivity contribution in [1.82, 2.24) is 0 Å². The van der Waals surface area contributed by atoms with Gasteiger partial charge in [-0.05, 0) is 43.2 Å². The Morgan fingerprint density at radius 3 is 2.50 bits per heavy atom. The molecule has 0 saturated heterocycles. The van der Waals surface area contributed by atoms with E-state index in [9.17, 15) is 4.79 Å². The van der Waals surface area contributed by atoms with E-state index in [0.717, 1.165) is 6.42 Å². The van der Waals surface area contributed by atoms with Gasteiger partial charge in [0.1, 0.15) is 11.5 Å². The van der Waals surface area contributed by atoms with Crippen LogP contribution in [0.2, 0.25) is 0 Å². The molecule has 4 nitrogen and oxygen atoms in total. The Labute approximate surface area is 131 Å². The Morgan fingerprint density at radius 1 is 1.14 bits per heavy atom. The van der Waals surface area contributed by atoms with Crippen LogP contribution in [0.25, 0.3) is 0 Å². The molecule has 116 valence electrons. The Balaban J connectivity index is 1.96. The lowest BCUT2D eigenvalue weighted by Gasteiger charge is -2.15. The third-order valence-corrected chi connectivity index (χ3v) is 3.35. The number of hydrogen-bond donors (Lipinski definition) is 1. The molecule has 1 atom stereocenters. The maximum Gasteiger partial charge on any atom is 0.265 e. The molecule has 1 amide bonds. The van der Waals surface area contributed by atoms with Gasteiger partial charge in [0.05, 0.1) is 7.11 Å². The predicted octanol–water partition coefficient (Wildman–Crippen LogP) is 3.66. The number of carbonyl (C=O) groups is 1. The van der Waals surface area contributed by atoms with Gasteiger partial charge in [0.2, 0.25) is 0 Å². The number of ether oxygens (including phenoxy) is 2. The number of rotatable bonds is 6. The average Bonchev–Trinajstić information content (AvgIpc) is 2.55. The summed E-state index contributed by atoms with van der Waals surface area (Å²) in [4.78, 5) is 12.2. The van der Waals surface area contributed by atoms with Crippen LogP contribution in [-0.2, 0) is 11.2 Å². The van der Waals surface area contributed by atoms with Crippen LogP contribution in [0.1, 0.15) is 19.4 Å². The van der Waals surface area contributed by atoms with E-state index >= 15 is 0 Å². The minimum absolute atomic E-state index is 0.201. The highest BCUT2D eigenvalue weighted by atomic mass is 16.5. The van der Waals surface area contributed by atoms with Gasteiger partial charge in [0.15, 0.2) is 6.10 Å². The van der Waals surface area contributed by atoms with Crippen LogP contribution in [0.3, 0.4) is 0 Å². The molecule has 0 saturated carbocycles. The number of methoxy groups -OCH3 is 1. The second-order valence-electron chi connectivity index (χ2n) is 4.98. The van der Waals surface area contributed by atoms with Crippen molar-refractivity contribution >= 4 is 11.6 Å². The molecule has 0 aliphatic rings. The summed E-state index contributed by atoms with van der Waals surface area (Å²) >= 11 is 0. The second kappa shape index (κ2) is 7.50. The smallest absolute Gasteiger partial charge is 0.265 e. The molecule has 1 N–H and O–H groups in total. The number of benzene rings is 2. The van der Waals surface area contributed by atoms with Gasteiger partial charge >= 0.3 is 0 Å². The molecule has 2 rings (SSSR count). The van der Waals surface area contributed by atoms with Crippen molar-refractivity contribution in [3.63, 3.8) is 0 Å². The van der Waals surface area contributed by atoms with Gasteiger partial charge < -0.3 is 14.8 Å². The number of amides is 1. The first kappa shape index (κ1) is 15.9. The lowest BCUT2D eigenvalue weighted by Crippen LogP contribution is -2.30. The lowest BCUT2D eigenvalue weighted by atomic mass is 10.2. The Hall–Kier alpha value is -2.49. The van der Waals surface area contributed by atoms with Crippen LogP contribution in [0.4, 0.5) is 5.69 Å². The van der Waals surface area contributed by atoms with Crippen LogP contribution in [-0.4, -0.2) is 19.1 Å². The fourth-order valence-electron chi connectivity index (χ4n) is 2.01. The summed E-state index contributed by atoms with van der Waals surface area (Å²) < 4.78 is 10.8. The quantitative estimate of drug-likeness (QED) is 0.885. The zero-order valence-corrected chi connectivity index (χ0v) is 13.1. The van der Waals surface area contributed by atoms with E-state index in [4.69, 9.17) is 9.47 Å². The van der Waals surface area contributed by atoms with E-state index in [1.807, 2.05) is 42.5 Å². The first-order chi connectivity index (χ1) is 10.6. The largest absolute Gasteiger partial charge is 0.497 e. The van der Waals surface area contributed by atoms with E-state index in [0.29, 0.717) is 17.2 Å².